The summed E-state index contributed by atoms with van der Waals surface area (Å²) in [6, 6.07) is 18.8. The molecule has 3 aromatic carbocycles. The van der Waals surface area contributed by atoms with Crippen LogP contribution in [0.2, 0.25) is 0 Å². The number of carbonyl (C=O) groups excluding carboxylic acids is 2. The minimum atomic E-state index is -0.448. The second-order valence-electron chi connectivity index (χ2n) is 7.16. The fourth-order valence-electron chi connectivity index (χ4n) is 3.40. The smallest absolute Gasteiger partial charge is 0.337 e. The van der Waals surface area contributed by atoms with Crippen molar-refractivity contribution < 1.29 is 28.2 Å². The van der Waals surface area contributed by atoms with Gasteiger partial charge in [-0.1, -0.05) is 12.1 Å². The molecule has 172 valence electrons. The molecule has 0 unspecified atom stereocenters. The number of benzene rings is 3. The molecule has 4 aromatic rings. The zero-order valence-electron chi connectivity index (χ0n) is 18.8. The highest BCUT2D eigenvalue weighted by Gasteiger charge is 2.19. The lowest BCUT2D eigenvalue weighted by molar-refractivity contribution is 0.0600. The van der Waals surface area contributed by atoms with Gasteiger partial charge in [-0.2, -0.15) is 0 Å². The van der Waals surface area contributed by atoms with Gasteiger partial charge in [0.2, 0.25) is 5.89 Å². The average Bonchev–Trinajstić information content (AvgIpc) is 3.38. The quantitative estimate of drug-likeness (QED) is 0.386. The number of hydrogen-bond acceptors (Lipinski definition) is 7. The van der Waals surface area contributed by atoms with Gasteiger partial charge < -0.3 is 23.9 Å². The molecular weight excluding hydrogens is 436 g/mol. The van der Waals surface area contributed by atoms with Gasteiger partial charge in [-0.3, -0.25) is 4.79 Å². The number of rotatable bonds is 7. The molecule has 0 atom stereocenters. The minimum Gasteiger partial charge on any atom is -0.497 e. The molecule has 0 saturated heterocycles. The lowest BCUT2D eigenvalue weighted by Crippen LogP contribution is -2.13. The number of nitrogens with zero attached hydrogens (tertiary/aromatic N) is 1. The van der Waals surface area contributed by atoms with Crippen molar-refractivity contribution in [2.45, 2.75) is 0 Å². The third-order valence-electron chi connectivity index (χ3n) is 5.15. The number of methoxy groups -OCH3 is 3. The summed E-state index contributed by atoms with van der Waals surface area (Å²) in [5.41, 5.74) is 2.54. The largest absolute Gasteiger partial charge is 0.497 e. The molecule has 1 aromatic heterocycles. The summed E-state index contributed by atoms with van der Waals surface area (Å²) in [4.78, 5) is 29.0. The van der Waals surface area contributed by atoms with Gasteiger partial charge >= 0.3 is 5.97 Å². The minimum absolute atomic E-state index is 0.291. The first-order valence-corrected chi connectivity index (χ1v) is 10.3. The van der Waals surface area contributed by atoms with E-state index in [9.17, 15) is 9.59 Å². The lowest BCUT2D eigenvalue weighted by Gasteiger charge is -2.09. The van der Waals surface area contributed by atoms with E-state index < -0.39 is 5.97 Å². The summed E-state index contributed by atoms with van der Waals surface area (Å²) in [5, 5.41) is 2.83. The summed E-state index contributed by atoms with van der Waals surface area (Å²) in [7, 11) is 4.46. The van der Waals surface area contributed by atoms with Crippen molar-refractivity contribution in [2.24, 2.45) is 0 Å². The molecule has 4 rings (SSSR count). The van der Waals surface area contributed by atoms with Crippen LogP contribution in [-0.2, 0) is 4.74 Å². The zero-order valence-corrected chi connectivity index (χ0v) is 18.8. The van der Waals surface area contributed by atoms with E-state index in [1.807, 2.05) is 6.07 Å². The average molecular weight is 458 g/mol. The van der Waals surface area contributed by atoms with Crippen molar-refractivity contribution in [3.8, 4) is 34.3 Å². The molecule has 1 amide bonds. The first-order chi connectivity index (χ1) is 16.5. The van der Waals surface area contributed by atoms with Crippen molar-refractivity contribution in [2.75, 3.05) is 26.6 Å². The van der Waals surface area contributed by atoms with Gasteiger partial charge in [0.1, 0.15) is 11.5 Å². The molecule has 0 fully saturated rings. The topological polar surface area (TPSA) is 99.9 Å². The van der Waals surface area contributed by atoms with E-state index in [0.29, 0.717) is 51.1 Å². The monoisotopic (exact) mass is 458 g/mol. The van der Waals surface area contributed by atoms with E-state index in [-0.39, 0.29) is 5.91 Å². The van der Waals surface area contributed by atoms with Crippen LogP contribution in [0.4, 0.5) is 5.69 Å². The van der Waals surface area contributed by atoms with Crippen LogP contribution in [0.25, 0.3) is 22.8 Å². The Balaban J connectivity index is 1.60. The number of ether oxygens (including phenoxy) is 3. The molecule has 0 spiro atoms. The van der Waals surface area contributed by atoms with Crippen molar-refractivity contribution >= 4 is 17.6 Å². The highest BCUT2D eigenvalue weighted by molar-refractivity contribution is 6.08. The van der Waals surface area contributed by atoms with Crippen LogP contribution >= 0.6 is 0 Å². The third-order valence-corrected chi connectivity index (χ3v) is 5.15. The Bertz CT molecular complexity index is 1330. The molecule has 0 bridgehead atoms. The summed E-state index contributed by atoms with van der Waals surface area (Å²) in [6.45, 7) is 0. The maximum Gasteiger partial charge on any atom is 0.337 e. The number of esters is 1. The van der Waals surface area contributed by atoms with Gasteiger partial charge in [-0.05, 0) is 48.5 Å². The molecule has 0 aliphatic rings. The predicted molar refractivity (Wildman–Crippen MR) is 126 cm³/mol. The van der Waals surface area contributed by atoms with Crippen LogP contribution in [0.3, 0.4) is 0 Å². The number of amides is 1. The van der Waals surface area contributed by atoms with Crippen LogP contribution in [0.15, 0.2) is 77.3 Å². The van der Waals surface area contributed by atoms with E-state index in [0.717, 1.165) is 0 Å². The fourth-order valence-corrected chi connectivity index (χ4v) is 3.40. The Morgan fingerprint density at radius 3 is 2.35 bits per heavy atom. The standard InChI is InChI=1S/C26H22N2O6/c1-31-18-12-13-21(22(14-18)32-2)23-15-27-25(34-23)20-7-5-4-6-19(20)24(29)28-17-10-8-16(9-11-17)26(30)33-3/h4-15H,1-3H3,(H,28,29). The fraction of sp³-hybridized carbons (Fsp3) is 0.115. The second-order valence-corrected chi connectivity index (χ2v) is 7.16. The number of aromatic nitrogens is 1. The van der Waals surface area contributed by atoms with Crippen molar-refractivity contribution in [3.63, 3.8) is 0 Å². The summed E-state index contributed by atoms with van der Waals surface area (Å²) < 4.78 is 21.4. The SMILES string of the molecule is COC(=O)c1ccc(NC(=O)c2ccccc2-c2ncc(-c3ccc(OC)cc3OC)o2)cc1. The molecule has 0 aliphatic heterocycles. The van der Waals surface area contributed by atoms with E-state index in [2.05, 4.69) is 10.3 Å². The zero-order chi connectivity index (χ0) is 24.1. The van der Waals surface area contributed by atoms with Crippen molar-refractivity contribution in [1.82, 2.24) is 4.98 Å². The van der Waals surface area contributed by atoms with Crippen LogP contribution < -0.4 is 14.8 Å². The molecule has 1 N–H and O–H groups in total. The maximum absolute atomic E-state index is 13.0. The Labute approximate surface area is 196 Å². The Hall–Kier alpha value is -4.59. The van der Waals surface area contributed by atoms with Crippen LogP contribution in [0, 0.1) is 0 Å². The molecule has 0 radical (unpaired) electrons. The number of hydrogen-bond donors (Lipinski definition) is 1. The molecule has 8 nitrogen and oxygen atoms in total. The molecule has 0 aliphatic carbocycles. The molecule has 1 heterocycles. The third kappa shape index (κ3) is 4.61. The molecule has 0 saturated carbocycles. The van der Waals surface area contributed by atoms with Gasteiger partial charge in [0.25, 0.3) is 5.91 Å². The van der Waals surface area contributed by atoms with Gasteiger partial charge in [-0.15, -0.1) is 0 Å². The summed E-state index contributed by atoms with van der Waals surface area (Å²) in [5.74, 6) is 1.22. The van der Waals surface area contributed by atoms with Crippen LogP contribution in [0.5, 0.6) is 11.5 Å². The van der Waals surface area contributed by atoms with E-state index in [1.54, 1.807) is 81.1 Å². The van der Waals surface area contributed by atoms with Crippen molar-refractivity contribution in [3.05, 3.63) is 84.1 Å². The van der Waals surface area contributed by atoms with Gasteiger partial charge in [-0.25, -0.2) is 9.78 Å². The number of nitrogens with one attached hydrogen (secondary N) is 1. The summed E-state index contributed by atoms with van der Waals surface area (Å²) >= 11 is 0. The second kappa shape index (κ2) is 9.91. The Kier molecular flexibility index (Phi) is 6.59. The Morgan fingerprint density at radius 2 is 1.65 bits per heavy atom. The van der Waals surface area contributed by atoms with E-state index >= 15 is 0 Å². The number of carbonyl (C=O) groups is 2. The molecule has 34 heavy (non-hydrogen) atoms. The van der Waals surface area contributed by atoms with Gasteiger partial charge in [0.15, 0.2) is 5.76 Å². The molecule has 8 heteroatoms. The highest BCUT2D eigenvalue weighted by atomic mass is 16.5. The van der Waals surface area contributed by atoms with E-state index in [1.165, 1.54) is 7.11 Å². The first kappa shape index (κ1) is 22.6. The first-order valence-electron chi connectivity index (χ1n) is 10.3. The summed E-state index contributed by atoms with van der Waals surface area (Å²) in [6.07, 6.45) is 1.58. The predicted octanol–water partition coefficient (Wildman–Crippen LogP) is 5.06. The van der Waals surface area contributed by atoms with E-state index in [4.69, 9.17) is 18.6 Å². The lowest BCUT2D eigenvalue weighted by atomic mass is 10.1. The van der Waals surface area contributed by atoms with Crippen LogP contribution in [-0.4, -0.2) is 38.2 Å². The van der Waals surface area contributed by atoms with Gasteiger partial charge in [0.05, 0.1) is 44.2 Å². The number of oxazole rings is 1. The Morgan fingerprint density at radius 1 is 0.882 bits per heavy atom. The van der Waals surface area contributed by atoms with Gasteiger partial charge in [0, 0.05) is 17.3 Å². The number of anilines is 1. The molecular formula is C26H22N2O6. The normalized spacial score (nSPS) is 10.4. The van der Waals surface area contributed by atoms with Crippen molar-refractivity contribution in [1.29, 1.82) is 0 Å². The highest BCUT2D eigenvalue weighted by Crippen LogP contribution is 2.35. The maximum atomic E-state index is 13.0. The van der Waals surface area contributed by atoms with Crippen LogP contribution in [0.1, 0.15) is 20.7 Å².